The Hall–Kier alpha value is -2.38. The van der Waals surface area contributed by atoms with Gasteiger partial charge in [0.15, 0.2) is 0 Å². The van der Waals surface area contributed by atoms with Gasteiger partial charge in [-0.2, -0.15) is 0 Å². The minimum atomic E-state index is -0.655. The maximum Gasteiger partial charge on any atom is 0.336 e. The normalized spacial score (nSPS) is 10.7. The minimum Gasteiger partial charge on any atom is -0.461 e. The molecule has 26 heavy (non-hydrogen) atoms. The van der Waals surface area contributed by atoms with E-state index in [-0.39, 0.29) is 26.2 Å². The molecular formula is C18H29N3O5. The van der Waals surface area contributed by atoms with E-state index in [0.29, 0.717) is 12.8 Å². The van der Waals surface area contributed by atoms with Crippen LogP contribution in [-0.4, -0.2) is 26.3 Å². The van der Waals surface area contributed by atoms with Crippen molar-refractivity contribution in [2.24, 2.45) is 0 Å². The van der Waals surface area contributed by atoms with Gasteiger partial charge in [-0.25, -0.2) is 32.9 Å². The molecule has 0 saturated heterocycles. The van der Waals surface area contributed by atoms with Crippen molar-refractivity contribution in [3.63, 3.8) is 0 Å². The van der Waals surface area contributed by atoms with Crippen LogP contribution in [0, 0.1) is 0 Å². The van der Waals surface area contributed by atoms with Gasteiger partial charge in [-0.15, -0.1) is 0 Å². The molecule has 8 heteroatoms. The topological polar surface area (TPSA) is 92.3 Å². The smallest absolute Gasteiger partial charge is 0.336 e. The summed E-state index contributed by atoms with van der Waals surface area (Å²) in [5, 5.41) is 0. The van der Waals surface area contributed by atoms with Crippen LogP contribution in [-0.2, 0) is 29.2 Å². The van der Waals surface area contributed by atoms with Gasteiger partial charge in [0.1, 0.15) is 6.61 Å². The van der Waals surface area contributed by atoms with Gasteiger partial charge in [-0.05, 0) is 12.8 Å². The summed E-state index contributed by atoms with van der Waals surface area (Å²) in [5.41, 5.74) is -1.87. The second kappa shape index (κ2) is 11.3. The zero-order valence-electron chi connectivity index (χ0n) is 15.7. The second-order valence-electron chi connectivity index (χ2n) is 6.09. The van der Waals surface area contributed by atoms with Crippen molar-refractivity contribution in [2.75, 3.05) is 6.61 Å². The lowest BCUT2D eigenvalue weighted by Gasteiger charge is -2.14. The van der Waals surface area contributed by atoms with Crippen LogP contribution in [0.4, 0.5) is 0 Å². The molecule has 0 unspecified atom stereocenters. The van der Waals surface area contributed by atoms with Crippen LogP contribution in [0.3, 0.4) is 0 Å². The van der Waals surface area contributed by atoms with E-state index in [1.165, 1.54) is 0 Å². The van der Waals surface area contributed by atoms with Crippen LogP contribution in [0.1, 0.15) is 52.4 Å². The molecule has 1 rings (SSSR count). The molecule has 0 aliphatic rings. The van der Waals surface area contributed by atoms with Crippen molar-refractivity contribution in [3.8, 4) is 0 Å². The fourth-order valence-corrected chi connectivity index (χ4v) is 2.59. The summed E-state index contributed by atoms with van der Waals surface area (Å²) in [6, 6.07) is 0. The number of hydrogen-bond donors (Lipinski definition) is 0. The maximum absolute atomic E-state index is 12.6. The highest BCUT2D eigenvalue weighted by molar-refractivity contribution is 5.81. The molecule has 0 spiro atoms. The maximum atomic E-state index is 12.6. The predicted octanol–water partition coefficient (Wildman–Crippen LogP) is 1.28. The monoisotopic (exact) mass is 367 g/mol. The highest BCUT2D eigenvalue weighted by Gasteiger charge is 2.15. The Balaban J connectivity index is 3.21. The van der Waals surface area contributed by atoms with Crippen LogP contribution < -0.4 is 17.1 Å². The number of esters is 1. The van der Waals surface area contributed by atoms with Gasteiger partial charge in [0.05, 0.1) is 6.54 Å². The third-order valence-electron chi connectivity index (χ3n) is 4.08. The molecule has 146 valence electrons. The summed E-state index contributed by atoms with van der Waals surface area (Å²) < 4.78 is 8.05. The predicted molar refractivity (Wildman–Crippen MR) is 99.4 cm³/mol. The van der Waals surface area contributed by atoms with E-state index in [0.717, 1.165) is 45.5 Å². The average molecular weight is 367 g/mol. The SMILES string of the molecule is C=CC(=O)OCCn1c(=O)n(CCCCC)c(=O)n(CCCCC)c1=O. The fraction of sp³-hybridized carbons (Fsp3) is 0.667. The van der Waals surface area contributed by atoms with Crippen molar-refractivity contribution in [3.05, 3.63) is 44.1 Å². The number of hydrogen-bond acceptors (Lipinski definition) is 5. The molecule has 0 saturated carbocycles. The molecule has 0 amide bonds. The van der Waals surface area contributed by atoms with Gasteiger partial charge in [0.25, 0.3) is 0 Å². The van der Waals surface area contributed by atoms with Crippen LogP contribution in [0.5, 0.6) is 0 Å². The minimum absolute atomic E-state index is 0.0981. The van der Waals surface area contributed by atoms with Gasteiger partial charge < -0.3 is 4.74 Å². The molecule has 0 fully saturated rings. The summed E-state index contributed by atoms with van der Waals surface area (Å²) in [4.78, 5) is 48.9. The second-order valence-corrected chi connectivity index (χ2v) is 6.09. The number of carbonyl (C=O) groups is 1. The quantitative estimate of drug-likeness (QED) is 0.315. The zero-order valence-corrected chi connectivity index (χ0v) is 15.7. The summed E-state index contributed by atoms with van der Waals surface area (Å²) in [5.74, 6) is -0.627. The largest absolute Gasteiger partial charge is 0.461 e. The van der Waals surface area contributed by atoms with Crippen molar-refractivity contribution >= 4 is 5.97 Å². The van der Waals surface area contributed by atoms with Crippen molar-refractivity contribution in [1.29, 1.82) is 0 Å². The first-order valence-corrected chi connectivity index (χ1v) is 9.21. The molecule has 0 N–H and O–H groups in total. The molecule has 0 radical (unpaired) electrons. The number of nitrogens with zero attached hydrogens (tertiary/aromatic N) is 3. The Morgan fingerprint density at radius 2 is 1.27 bits per heavy atom. The van der Waals surface area contributed by atoms with Crippen molar-refractivity contribution in [1.82, 2.24) is 13.7 Å². The molecule has 8 nitrogen and oxygen atoms in total. The fourth-order valence-electron chi connectivity index (χ4n) is 2.59. The van der Waals surface area contributed by atoms with E-state index >= 15 is 0 Å². The van der Waals surface area contributed by atoms with E-state index in [9.17, 15) is 19.2 Å². The van der Waals surface area contributed by atoms with Crippen LogP contribution >= 0.6 is 0 Å². The lowest BCUT2D eigenvalue weighted by molar-refractivity contribution is -0.138. The molecule has 1 heterocycles. The number of carbonyl (C=O) groups excluding carboxylic acids is 1. The number of ether oxygens (including phenoxy) is 1. The van der Waals surface area contributed by atoms with Gasteiger partial charge in [-0.1, -0.05) is 46.1 Å². The Morgan fingerprint density at radius 1 is 0.846 bits per heavy atom. The van der Waals surface area contributed by atoms with Crippen LogP contribution in [0.2, 0.25) is 0 Å². The first-order valence-electron chi connectivity index (χ1n) is 9.21. The van der Waals surface area contributed by atoms with Gasteiger partial charge >= 0.3 is 23.0 Å². The lowest BCUT2D eigenvalue weighted by Crippen LogP contribution is -2.55. The zero-order chi connectivity index (χ0) is 19.5. The van der Waals surface area contributed by atoms with Crippen molar-refractivity contribution in [2.45, 2.75) is 72.0 Å². The van der Waals surface area contributed by atoms with E-state index in [4.69, 9.17) is 4.74 Å². The summed E-state index contributed by atoms with van der Waals surface area (Å²) in [6.07, 6.45) is 6.06. The first-order chi connectivity index (χ1) is 12.5. The molecular weight excluding hydrogens is 338 g/mol. The molecule has 1 aromatic heterocycles. The molecule has 0 aliphatic heterocycles. The summed E-state index contributed by atoms with van der Waals surface area (Å²) >= 11 is 0. The van der Waals surface area contributed by atoms with Gasteiger partial charge in [0.2, 0.25) is 0 Å². The molecule has 0 aliphatic carbocycles. The Morgan fingerprint density at radius 3 is 1.65 bits per heavy atom. The molecule has 0 aromatic carbocycles. The van der Waals surface area contributed by atoms with Crippen LogP contribution in [0.25, 0.3) is 0 Å². The number of unbranched alkanes of at least 4 members (excludes halogenated alkanes) is 4. The summed E-state index contributed by atoms with van der Waals surface area (Å²) in [7, 11) is 0. The molecule has 1 aromatic rings. The Kier molecular flexibility index (Phi) is 9.40. The highest BCUT2D eigenvalue weighted by atomic mass is 16.5. The lowest BCUT2D eigenvalue weighted by atomic mass is 10.2. The van der Waals surface area contributed by atoms with Crippen LogP contribution in [0.15, 0.2) is 27.0 Å². The standard InChI is InChI=1S/C18H29N3O5/c1-4-7-9-11-19-16(23)20(12-10-8-5-2)18(25)21(17(19)24)13-14-26-15(22)6-3/h6H,3-5,7-14H2,1-2H3. The third-order valence-corrected chi connectivity index (χ3v) is 4.08. The average Bonchev–Trinajstić information content (AvgIpc) is 2.63. The van der Waals surface area contributed by atoms with Gasteiger partial charge in [0, 0.05) is 19.2 Å². The number of rotatable bonds is 12. The first kappa shape index (κ1) is 21.7. The highest BCUT2D eigenvalue weighted by Crippen LogP contribution is 1.96. The van der Waals surface area contributed by atoms with E-state index in [2.05, 4.69) is 6.58 Å². The summed E-state index contributed by atoms with van der Waals surface area (Å²) in [6.45, 7) is 7.65. The number of aromatic nitrogens is 3. The molecule has 0 bridgehead atoms. The van der Waals surface area contributed by atoms with Gasteiger partial charge in [-0.3, -0.25) is 0 Å². The van der Waals surface area contributed by atoms with E-state index < -0.39 is 23.0 Å². The van der Waals surface area contributed by atoms with Crippen molar-refractivity contribution < 1.29 is 9.53 Å². The van der Waals surface area contributed by atoms with E-state index in [1.807, 2.05) is 13.8 Å². The molecule has 0 atom stereocenters. The Labute approximate surface area is 152 Å². The van der Waals surface area contributed by atoms with E-state index in [1.54, 1.807) is 0 Å². The Bertz CT molecular complexity index is 724. The third kappa shape index (κ3) is 5.86.